The fourth-order valence-electron chi connectivity index (χ4n) is 1.91. The maximum Gasteiger partial charge on any atom is 0.126 e. The Balaban J connectivity index is 2.19. The first-order valence-electron chi connectivity index (χ1n) is 6.37. The minimum absolute atomic E-state index is 0.254. The molecular formula is C16H16FNO2S. The predicted octanol–water partition coefficient (Wildman–Crippen LogP) is 3.36. The van der Waals surface area contributed by atoms with Crippen molar-refractivity contribution in [2.45, 2.75) is 13.5 Å². The number of aryl methyl sites for hydroxylation is 1. The van der Waals surface area contributed by atoms with Crippen LogP contribution < -0.4 is 15.2 Å². The Bertz CT molecular complexity index is 673. The minimum Gasteiger partial charge on any atom is -0.496 e. The largest absolute Gasteiger partial charge is 0.496 e. The molecule has 0 radical (unpaired) electrons. The molecule has 0 aliphatic heterocycles. The number of hydrogen-bond donors (Lipinski definition) is 1. The standard InChI is InChI=1S/C16H16FNO2S/c1-10-7-13(4-5-14(10)17)20-9-12-8-11(16(18)21)3-6-15(12)19-2/h3-8H,9H2,1-2H3,(H2,18,21). The second-order valence-corrected chi connectivity index (χ2v) is 5.03. The molecule has 0 atom stereocenters. The number of ether oxygens (including phenoxy) is 2. The van der Waals surface area contributed by atoms with E-state index in [0.717, 1.165) is 11.1 Å². The van der Waals surface area contributed by atoms with Crippen molar-refractivity contribution < 1.29 is 13.9 Å². The lowest BCUT2D eigenvalue weighted by atomic mass is 10.1. The van der Waals surface area contributed by atoms with E-state index in [-0.39, 0.29) is 12.4 Å². The van der Waals surface area contributed by atoms with E-state index in [1.54, 1.807) is 38.3 Å². The van der Waals surface area contributed by atoms with Gasteiger partial charge in [-0.05, 0) is 48.9 Å². The van der Waals surface area contributed by atoms with Gasteiger partial charge in [-0.1, -0.05) is 12.2 Å². The molecule has 0 spiro atoms. The van der Waals surface area contributed by atoms with E-state index in [0.29, 0.717) is 22.1 Å². The highest BCUT2D eigenvalue weighted by Crippen LogP contribution is 2.23. The Morgan fingerprint density at radius 1 is 1.24 bits per heavy atom. The lowest BCUT2D eigenvalue weighted by Crippen LogP contribution is -2.10. The van der Waals surface area contributed by atoms with Gasteiger partial charge in [-0.25, -0.2) is 4.39 Å². The van der Waals surface area contributed by atoms with Gasteiger partial charge in [0.1, 0.15) is 28.9 Å². The van der Waals surface area contributed by atoms with Crippen LogP contribution in [0, 0.1) is 12.7 Å². The molecule has 0 saturated carbocycles. The summed E-state index contributed by atoms with van der Waals surface area (Å²) in [6, 6.07) is 10.0. The Morgan fingerprint density at radius 3 is 2.62 bits per heavy atom. The molecule has 5 heteroatoms. The molecule has 2 aromatic carbocycles. The molecule has 2 aromatic rings. The molecule has 0 aliphatic rings. The summed E-state index contributed by atoms with van der Waals surface area (Å²) in [4.78, 5) is 0.316. The van der Waals surface area contributed by atoms with E-state index >= 15 is 0 Å². The van der Waals surface area contributed by atoms with Gasteiger partial charge >= 0.3 is 0 Å². The van der Waals surface area contributed by atoms with Crippen molar-refractivity contribution in [3.05, 3.63) is 58.9 Å². The SMILES string of the molecule is COc1ccc(C(N)=S)cc1COc1ccc(F)c(C)c1. The summed E-state index contributed by atoms with van der Waals surface area (Å²) >= 11 is 4.96. The van der Waals surface area contributed by atoms with Crippen LogP contribution in [0.5, 0.6) is 11.5 Å². The smallest absolute Gasteiger partial charge is 0.126 e. The van der Waals surface area contributed by atoms with E-state index < -0.39 is 0 Å². The molecule has 2 rings (SSSR count). The second-order valence-electron chi connectivity index (χ2n) is 4.59. The number of rotatable bonds is 5. The van der Waals surface area contributed by atoms with Gasteiger partial charge < -0.3 is 15.2 Å². The van der Waals surface area contributed by atoms with Crippen molar-refractivity contribution in [3.8, 4) is 11.5 Å². The third kappa shape index (κ3) is 3.70. The molecule has 21 heavy (non-hydrogen) atoms. The first kappa shape index (κ1) is 15.3. The Kier molecular flexibility index (Phi) is 4.75. The van der Waals surface area contributed by atoms with Gasteiger partial charge in [0, 0.05) is 11.1 Å². The highest BCUT2D eigenvalue weighted by Gasteiger charge is 2.08. The van der Waals surface area contributed by atoms with Crippen LogP contribution in [0.2, 0.25) is 0 Å². The number of halogens is 1. The molecule has 110 valence electrons. The van der Waals surface area contributed by atoms with E-state index in [9.17, 15) is 4.39 Å². The number of benzene rings is 2. The van der Waals surface area contributed by atoms with Gasteiger partial charge in [-0.2, -0.15) is 0 Å². The van der Waals surface area contributed by atoms with Crippen LogP contribution >= 0.6 is 12.2 Å². The van der Waals surface area contributed by atoms with Crippen molar-refractivity contribution in [1.82, 2.24) is 0 Å². The molecule has 0 heterocycles. The molecule has 3 nitrogen and oxygen atoms in total. The van der Waals surface area contributed by atoms with E-state index in [4.69, 9.17) is 27.4 Å². The average Bonchev–Trinajstić information content (AvgIpc) is 2.48. The van der Waals surface area contributed by atoms with E-state index in [1.165, 1.54) is 6.07 Å². The van der Waals surface area contributed by atoms with Gasteiger partial charge in [0.2, 0.25) is 0 Å². The van der Waals surface area contributed by atoms with Crippen LogP contribution in [0.25, 0.3) is 0 Å². The molecule has 0 saturated heterocycles. The van der Waals surface area contributed by atoms with Crippen LogP contribution in [0.15, 0.2) is 36.4 Å². The fourth-order valence-corrected chi connectivity index (χ4v) is 2.04. The lowest BCUT2D eigenvalue weighted by molar-refractivity contribution is 0.296. The van der Waals surface area contributed by atoms with Crippen molar-refractivity contribution in [1.29, 1.82) is 0 Å². The lowest BCUT2D eigenvalue weighted by Gasteiger charge is -2.12. The van der Waals surface area contributed by atoms with E-state index in [1.807, 2.05) is 6.07 Å². The zero-order valence-electron chi connectivity index (χ0n) is 11.9. The summed E-state index contributed by atoms with van der Waals surface area (Å²) in [5.74, 6) is 1.03. The van der Waals surface area contributed by atoms with E-state index in [2.05, 4.69) is 0 Å². The maximum absolute atomic E-state index is 13.2. The maximum atomic E-state index is 13.2. The first-order chi connectivity index (χ1) is 10.0. The van der Waals surface area contributed by atoms with Crippen molar-refractivity contribution in [3.63, 3.8) is 0 Å². The highest BCUT2D eigenvalue weighted by molar-refractivity contribution is 7.80. The Hall–Kier alpha value is -2.14. The van der Waals surface area contributed by atoms with Crippen LogP contribution in [-0.2, 0) is 6.61 Å². The van der Waals surface area contributed by atoms with Crippen LogP contribution in [0.3, 0.4) is 0 Å². The molecule has 0 aliphatic carbocycles. The van der Waals surface area contributed by atoms with Crippen molar-refractivity contribution >= 4 is 17.2 Å². The summed E-state index contributed by atoms with van der Waals surface area (Å²) in [6.45, 7) is 1.97. The summed E-state index contributed by atoms with van der Waals surface area (Å²) in [6.07, 6.45) is 0. The zero-order valence-corrected chi connectivity index (χ0v) is 12.7. The minimum atomic E-state index is -0.254. The summed E-state index contributed by atoms with van der Waals surface area (Å²) in [5, 5.41) is 0. The fraction of sp³-hybridized carbons (Fsp3) is 0.188. The molecule has 0 amide bonds. The normalized spacial score (nSPS) is 10.2. The third-order valence-electron chi connectivity index (χ3n) is 3.09. The summed E-state index contributed by atoms with van der Waals surface area (Å²) in [7, 11) is 1.58. The molecule has 0 aromatic heterocycles. The Labute approximate surface area is 128 Å². The third-order valence-corrected chi connectivity index (χ3v) is 3.32. The number of thiocarbonyl (C=S) groups is 1. The monoisotopic (exact) mass is 305 g/mol. The van der Waals surface area contributed by atoms with Crippen molar-refractivity contribution in [2.75, 3.05) is 7.11 Å². The molecule has 0 fully saturated rings. The number of methoxy groups -OCH3 is 1. The first-order valence-corrected chi connectivity index (χ1v) is 6.77. The summed E-state index contributed by atoms with van der Waals surface area (Å²) < 4.78 is 24.2. The van der Waals surface area contributed by atoms with Crippen LogP contribution in [0.4, 0.5) is 4.39 Å². The highest BCUT2D eigenvalue weighted by atomic mass is 32.1. The number of hydrogen-bond acceptors (Lipinski definition) is 3. The number of nitrogens with two attached hydrogens (primary N) is 1. The van der Waals surface area contributed by atoms with Crippen LogP contribution in [-0.4, -0.2) is 12.1 Å². The van der Waals surface area contributed by atoms with Crippen molar-refractivity contribution in [2.24, 2.45) is 5.73 Å². The molecule has 2 N–H and O–H groups in total. The quantitative estimate of drug-likeness (QED) is 0.860. The van der Waals surface area contributed by atoms with Gasteiger partial charge in [-0.15, -0.1) is 0 Å². The van der Waals surface area contributed by atoms with Crippen LogP contribution in [0.1, 0.15) is 16.7 Å². The predicted molar refractivity (Wildman–Crippen MR) is 84.4 cm³/mol. The molecule has 0 unspecified atom stereocenters. The van der Waals surface area contributed by atoms with Gasteiger partial charge in [-0.3, -0.25) is 0 Å². The van der Waals surface area contributed by atoms with Gasteiger partial charge in [0.15, 0.2) is 0 Å². The second kappa shape index (κ2) is 6.54. The summed E-state index contributed by atoms with van der Waals surface area (Å²) in [5.41, 5.74) is 7.74. The molecule has 0 bridgehead atoms. The zero-order chi connectivity index (χ0) is 15.4. The van der Waals surface area contributed by atoms with Gasteiger partial charge in [0.25, 0.3) is 0 Å². The Morgan fingerprint density at radius 2 is 2.00 bits per heavy atom. The topological polar surface area (TPSA) is 44.5 Å². The van der Waals surface area contributed by atoms with Gasteiger partial charge in [0.05, 0.1) is 7.11 Å². The molecular weight excluding hydrogens is 289 g/mol. The average molecular weight is 305 g/mol.